The Morgan fingerprint density at radius 1 is 1.00 bits per heavy atom. The number of primary amides is 1. The Morgan fingerprint density at radius 3 is 2.19 bits per heavy atom. The fraction of sp³-hybridized carbons (Fsp3) is 0.250. The van der Waals surface area contributed by atoms with E-state index in [1.165, 1.54) is 12.1 Å². The summed E-state index contributed by atoms with van der Waals surface area (Å²) in [6, 6.07) is 14.4. The fourth-order valence-corrected chi connectivity index (χ4v) is 2.35. The monoisotopic (exact) mass is 369 g/mol. The van der Waals surface area contributed by atoms with Gasteiger partial charge in [-0.3, -0.25) is 14.4 Å². The number of rotatable bonds is 8. The van der Waals surface area contributed by atoms with Gasteiger partial charge in [0.15, 0.2) is 6.61 Å². The molecule has 7 nitrogen and oxygen atoms in total. The number of nitrogens with two attached hydrogens (primary N) is 1. The Kier molecular flexibility index (Phi) is 6.93. The first kappa shape index (κ1) is 20.0. The highest BCUT2D eigenvalue weighted by molar-refractivity contribution is 5.98. The average molecular weight is 369 g/mol. The topological polar surface area (TPSA) is 111 Å². The molecule has 7 heteroatoms. The van der Waals surface area contributed by atoms with Crippen LogP contribution >= 0.6 is 0 Å². The van der Waals surface area contributed by atoms with Crippen molar-refractivity contribution in [3.05, 3.63) is 60.2 Å². The molecule has 0 aliphatic rings. The highest BCUT2D eigenvalue weighted by Gasteiger charge is 2.24. The van der Waals surface area contributed by atoms with Crippen LogP contribution in [0.15, 0.2) is 54.6 Å². The van der Waals surface area contributed by atoms with Gasteiger partial charge < -0.3 is 21.1 Å². The molecule has 1 atom stereocenters. The van der Waals surface area contributed by atoms with Crippen LogP contribution in [-0.4, -0.2) is 30.4 Å². The Bertz CT molecular complexity index is 789. The molecular formula is C20H23N3O4. The molecule has 0 aromatic heterocycles. The van der Waals surface area contributed by atoms with Gasteiger partial charge in [0.2, 0.25) is 11.8 Å². The number of ether oxygens (including phenoxy) is 1. The quantitative estimate of drug-likeness (QED) is 0.660. The van der Waals surface area contributed by atoms with Crippen molar-refractivity contribution in [2.75, 3.05) is 11.9 Å². The molecule has 0 heterocycles. The summed E-state index contributed by atoms with van der Waals surface area (Å²) in [4.78, 5) is 35.8. The number of carbonyl (C=O) groups excluding carboxylic acids is 3. The SMILES string of the molecule is CC(C)[C@H](NC(=O)COc1ccccc1)C(=O)Nc1ccc(C(N)=O)cc1. The number of hydrogen-bond acceptors (Lipinski definition) is 4. The van der Waals surface area contributed by atoms with E-state index in [1.807, 2.05) is 19.9 Å². The van der Waals surface area contributed by atoms with Crippen LogP contribution in [-0.2, 0) is 9.59 Å². The number of benzene rings is 2. The zero-order valence-corrected chi connectivity index (χ0v) is 15.3. The van der Waals surface area contributed by atoms with Gasteiger partial charge in [-0.15, -0.1) is 0 Å². The van der Waals surface area contributed by atoms with Crippen LogP contribution in [0.5, 0.6) is 5.75 Å². The lowest BCUT2D eigenvalue weighted by Crippen LogP contribution is -2.48. The lowest BCUT2D eigenvalue weighted by Gasteiger charge is -2.22. The predicted octanol–water partition coefficient (Wildman–Crippen LogP) is 1.94. The normalized spacial score (nSPS) is 11.5. The molecule has 0 unspecified atom stereocenters. The highest BCUT2D eigenvalue weighted by atomic mass is 16.5. The first-order chi connectivity index (χ1) is 12.9. The molecule has 0 spiro atoms. The van der Waals surface area contributed by atoms with E-state index in [-0.39, 0.29) is 18.4 Å². The predicted molar refractivity (Wildman–Crippen MR) is 102 cm³/mol. The van der Waals surface area contributed by atoms with Gasteiger partial charge in [-0.25, -0.2) is 0 Å². The molecule has 0 saturated carbocycles. The van der Waals surface area contributed by atoms with Crippen molar-refractivity contribution in [3.8, 4) is 5.75 Å². The van der Waals surface area contributed by atoms with Crippen molar-refractivity contribution in [2.24, 2.45) is 11.7 Å². The minimum Gasteiger partial charge on any atom is -0.484 e. The van der Waals surface area contributed by atoms with Gasteiger partial charge in [0.1, 0.15) is 11.8 Å². The number of nitrogens with one attached hydrogen (secondary N) is 2. The smallest absolute Gasteiger partial charge is 0.258 e. The van der Waals surface area contributed by atoms with Crippen LogP contribution in [0.4, 0.5) is 5.69 Å². The molecule has 2 aromatic rings. The number of amides is 3. The zero-order valence-electron chi connectivity index (χ0n) is 15.3. The van der Waals surface area contributed by atoms with Gasteiger partial charge in [-0.05, 0) is 42.3 Å². The van der Waals surface area contributed by atoms with Gasteiger partial charge in [-0.1, -0.05) is 32.0 Å². The van der Waals surface area contributed by atoms with Gasteiger partial charge in [0.25, 0.3) is 5.91 Å². The van der Waals surface area contributed by atoms with Crippen molar-refractivity contribution in [1.29, 1.82) is 0 Å². The molecule has 2 rings (SSSR count). The summed E-state index contributed by atoms with van der Waals surface area (Å²) in [5, 5.41) is 5.41. The van der Waals surface area contributed by atoms with Gasteiger partial charge >= 0.3 is 0 Å². The molecule has 3 amide bonds. The molecular weight excluding hydrogens is 346 g/mol. The number of anilines is 1. The van der Waals surface area contributed by atoms with E-state index in [9.17, 15) is 14.4 Å². The Labute approximate surface area is 157 Å². The molecule has 2 aromatic carbocycles. The molecule has 4 N–H and O–H groups in total. The van der Waals surface area contributed by atoms with Crippen LogP contribution in [0.3, 0.4) is 0 Å². The van der Waals surface area contributed by atoms with Crippen molar-refractivity contribution in [3.63, 3.8) is 0 Å². The van der Waals surface area contributed by atoms with Crippen LogP contribution in [0.2, 0.25) is 0 Å². The van der Waals surface area contributed by atoms with Gasteiger partial charge in [0.05, 0.1) is 0 Å². The molecule has 0 radical (unpaired) electrons. The molecule has 0 fully saturated rings. The number of hydrogen-bond donors (Lipinski definition) is 3. The second-order valence-electron chi connectivity index (χ2n) is 6.32. The third-order valence-corrected chi connectivity index (χ3v) is 3.82. The van der Waals surface area contributed by atoms with E-state index in [2.05, 4.69) is 10.6 Å². The van der Waals surface area contributed by atoms with Gasteiger partial charge in [0, 0.05) is 11.3 Å². The molecule has 142 valence electrons. The molecule has 0 bridgehead atoms. The minimum atomic E-state index is -0.729. The van der Waals surface area contributed by atoms with Crippen LogP contribution < -0.4 is 21.1 Å². The molecule has 0 aliphatic carbocycles. The summed E-state index contributed by atoms with van der Waals surface area (Å²) in [7, 11) is 0. The third-order valence-electron chi connectivity index (χ3n) is 3.82. The van der Waals surface area contributed by atoms with Crippen molar-refractivity contribution >= 4 is 23.4 Å². The highest BCUT2D eigenvalue weighted by Crippen LogP contribution is 2.12. The van der Waals surface area contributed by atoms with Crippen LogP contribution in [0.1, 0.15) is 24.2 Å². The van der Waals surface area contributed by atoms with E-state index < -0.39 is 17.9 Å². The average Bonchev–Trinajstić information content (AvgIpc) is 2.65. The maximum Gasteiger partial charge on any atom is 0.258 e. The van der Waals surface area contributed by atoms with Crippen molar-refractivity contribution in [2.45, 2.75) is 19.9 Å². The van der Waals surface area contributed by atoms with Crippen molar-refractivity contribution in [1.82, 2.24) is 5.32 Å². The van der Waals surface area contributed by atoms with E-state index in [0.29, 0.717) is 17.0 Å². The second kappa shape index (κ2) is 9.38. The maximum atomic E-state index is 12.5. The first-order valence-corrected chi connectivity index (χ1v) is 8.54. The van der Waals surface area contributed by atoms with E-state index in [0.717, 1.165) is 0 Å². The largest absolute Gasteiger partial charge is 0.484 e. The lowest BCUT2D eigenvalue weighted by molar-refractivity contribution is -0.128. The molecule has 27 heavy (non-hydrogen) atoms. The van der Waals surface area contributed by atoms with Crippen LogP contribution in [0.25, 0.3) is 0 Å². The zero-order chi connectivity index (χ0) is 19.8. The minimum absolute atomic E-state index is 0.129. The summed E-state index contributed by atoms with van der Waals surface area (Å²) >= 11 is 0. The number of carbonyl (C=O) groups is 3. The van der Waals surface area contributed by atoms with E-state index >= 15 is 0 Å². The van der Waals surface area contributed by atoms with Crippen molar-refractivity contribution < 1.29 is 19.1 Å². The first-order valence-electron chi connectivity index (χ1n) is 8.54. The summed E-state index contributed by atoms with van der Waals surface area (Å²) in [5.74, 6) is -0.844. The van der Waals surface area contributed by atoms with E-state index in [1.54, 1.807) is 36.4 Å². The lowest BCUT2D eigenvalue weighted by atomic mass is 10.0. The summed E-state index contributed by atoms with van der Waals surface area (Å²) < 4.78 is 5.39. The summed E-state index contributed by atoms with van der Waals surface area (Å²) in [6.07, 6.45) is 0. The van der Waals surface area contributed by atoms with E-state index in [4.69, 9.17) is 10.5 Å². The molecule has 0 saturated heterocycles. The molecule has 0 aliphatic heterocycles. The second-order valence-corrected chi connectivity index (χ2v) is 6.32. The summed E-state index contributed by atoms with van der Waals surface area (Å²) in [6.45, 7) is 3.48. The Hall–Kier alpha value is -3.35. The fourth-order valence-electron chi connectivity index (χ4n) is 2.35. The Balaban J connectivity index is 1.93. The Morgan fingerprint density at radius 2 is 1.63 bits per heavy atom. The number of para-hydroxylation sites is 1. The third kappa shape index (κ3) is 6.14. The summed E-state index contributed by atoms with van der Waals surface area (Å²) in [5.41, 5.74) is 6.04. The van der Waals surface area contributed by atoms with Crippen LogP contribution in [0, 0.1) is 5.92 Å². The standard InChI is InChI=1S/C20H23N3O4/c1-13(2)18(23-17(24)12-27-16-6-4-3-5-7-16)20(26)22-15-10-8-14(9-11-15)19(21)25/h3-11,13,18H,12H2,1-2H3,(H2,21,25)(H,22,26)(H,23,24)/t18-/m0/s1. The van der Waals surface area contributed by atoms with Gasteiger partial charge in [-0.2, -0.15) is 0 Å². The maximum absolute atomic E-state index is 12.5.